The van der Waals surface area contributed by atoms with Gasteiger partial charge in [-0.3, -0.25) is 14.4 Å². The molecule has 5 nitrogen and oxygen atoms in total. The Hall–Kier alpha value is -3.47. The highest BCUT2D eigenvalue weighted by Gasteiger charge is 2.21. The minimum Gasteiger partial charge on any atom is -0.457 e. The molecule has 0 spiro atoms. The third-order valence-electron chi connectivity index (χ3n) is 4.67. The zero-order valence-electron chi connectivity index (χ0n) is 17.4. The molecular formula is C25H25NO4. The maximum atomic E-state index is 12.3. The van der Waals surface area contributed by atoms with Crippen molar-refractivity contribution in [3.05, 3.63) is 77.9 Å². The molecule has 0 aromatic heterocycles. The summed E-state index contributed by atoms with van der Waals surface area (Å²) in [4.78, 5) is 36.5. The molecule has 1 N–H and O–H groups in total. The number of ketones is 1. The quantitative estimate of drug-likeness (QED) is 0.474. The fraction of sp³-hybridized carbons (Fsp3) is 0.240. The van der Waals surface area contributed by atoms with Gasteiger partial charge in [0.05, 0.1) is 6.42 Å². The number of carbonyl (C=O) groups excluding carboxylic acids is 3. The lowest BCUT2D eigenvalue weighted by Crippen LogP contribution is -2.27. The summed E-state index contributed by atoms with van der Waals surface area (Å²) in [6, 6.07) is 20.2. The van der Waals surface area contributed by atoms with Crippen LogP contribution in [0.25, 0.3) is 10.8 Å². The molecule has 0 saturated carbocycles. The highest BCUT2D eigenvalue weighted by molar-refractivity contribution is 5.99. The Bertz CT molecular complexity index is 1080. The number of ether oxygens (including phenoxy) is 1. The standard InChI is InChI=1S/C25H25NO4/c1-25(2,3)24(29)26-21-12-10-19(11-13-21)22(27)16-30-23(28)15-17-8-9-18-6-4-5-7-20(18)14-17/h4-14H,15-16H2,1-3H3,(H,26,29). The second-order valence-electron chi connectivity index (χ2n) is 8.22. The van der Waals surface area contributed by atoms with Gasteiger partial charge in [-0.25, -0.2) is 0 Å². The average molecular weight is 403 g/mol. The summed E-state index contributed by atoms with van der Waals surface area (Å²) in [5, 5.41) is 4.96. The fourth-order valence-electron chi connectivity index (χ4n) is 2.85. The molecule has 0 saturated heterocycles. The maximum absolute atomic E-state index is 12.3. The van der Waals surface area contributed by atoms with Crippen LogP contribution < -0.4 is 5.32 Å². The summed E-state index contributed by atoms with van der Waals surface area (Å²) in [6.07, 6.45) is 0.107. The Balaban J connectivity index is 1.53. The predicted molar refractivity (Wildman–Crippen MR) is 117 cm³/mol. The molecule has 0 heterocycles. The Morgan fingerprint density at radius 1 is 0.867 bits per heavy atom. The Labute approximate surface area is 176 Å². The van der Waals surface area contributed by atoms with Gasteiger partial charge >= 0.3 is 5.97 Å². The van der Waals surface area contributed by atoms with Crippen molar-refractivity contribution in [2.75, 3.05) is 11.9 Å². The van der Waals surface area contributed by atoms with Crippen LogP contribution in [0.15, 0.2) is 66.7 Å². The molecular weight excluding hydrogens is 378 g/mol. The van der Waals surface area contributed by atoms with Gasteiger partial charge in [-0.2, -0.15) is 0 Å². The van der Waals surface area contributed by atoms with Crippen LogP contribution in [-0.2, 0) is 20.7 Å². The lowest BCUT2D eigenvalue weighted by atomic mass is 9.95. The lowest BCUT2D eigenvalue weighted by molar-refractivity contribution is -0.141. The van der Waals surface area contributed by atoms with E-state index in [1.807, 2.05) is 63.2 Å². The number of hydrogen-bond acceptors (Lipinski definition) is 4. The van der Waals surface area contributed by atoms with E-state index in [2.05, 4.69) is 5.32 Å². The van der Waals surface area contributed by atoms with Gasteiger partial charge < -0.3 is 10.1 Å². The monoisotopic (exact) mass is 403 g/mol. The molecule has 3 aromatic rings. The average Bonchev–Trinajstić information content (AvgIpc) is 2.72. The van der Waals surface area contributed by atoms with Crippen LogP contribution in [0, 0.1) is 5.41 Å². The number of nitrogens with one attached hydrogen (secondary N) is 1. The summed E-state index contributed by atoms with van der Waals surface area (Å²) in [5.41, 5.74) is 1.36. The maximum Gasteiger partial charge on any atom is 0.310 e. The molecule has 3 aromatic carbocycles. The van der Waals surface area contributed by atoms with Gasteiger partial charge in [-0.05, 0) is 40.6 Å². The Morgan fingerprint density at radius 2 is 1.53 bits per heavy atom. The highest BCUT2D eigenvalue weighted by atomic mass is 16.5. The van der Waals surface area contributed by atoms with Gasteiger partial charge in [-0.15, -0.1) is 0 Å². The smallest absolute Gasteiger partial charge is 0.310 e. The molecule has 0 fully saturated rings. The molecule has 1 amide bonds. The first-order chi connectivity index (χ1) is 14.2. The number of benzene rings is 3. The number of carbonyl (C=O) groups is 3. The molecule has 30 heavy (non-hydrogen) atoms. The molecule has 0 unspecified atom stereocenters. The molecule has 0 aliphatic heterocycles. The van der Waals surface area contributed by atoms with E-state index in [0.717, 1.165) is 16.3 Å². The molecule has 0 radical (unpaired) electrons. The van der Waals surface area contributed by atoms with Gasteiger partial charge in [0.15, 0.2) is 12.4 Å². The summed E-state index contributed by atoms with van der Waals surface area (Å²) in [7, 11) is 0. The number of fused-ring (bicyclic) bond motifs is 1. The second-order valence-corrected chi connectivity index (χ2v) is 8.22. The van der Waals surface area contributed by atoms with E-state index >= 15 is 0 Å². The minimum atomic E-state index is -0.506. The number of amides is 1. The van der Waals surface area contributed by atoms with Gasteiger partial charge in [0.25, 0.3) is 0 Å². The summed E-state index contributed by atoms with van der Waals surface area (Å²) in [6.45, 7) is 5.16. The molecule has 0 aliphatic carbocycles. The normalized spacial score (nSPS) is 11.2. The molecule has 0 aliphatic rings. The zero-order chi connectivity index (χ0) is 21.7. The summed E-state index contributed by atoms with van der Waals surface area (Å²) >= 11 is 0. The van der Waals surface area contributed by atoms with Crippen molar-refractivity contribution < 1.29 is 19.1 Å². The molecule has 3 rings (SSSR count). The van der Waals surface area contributed by atoms with E-state index < -0.39 is 11.4 Å². The predicted octanol–water partition coefficient (Wildman–Crippen LogP) is 4.79. The molecule has 154 valence electrons. The SMILES string of the molecule is CC(C)(C)C(=O)Nc1ccc(C(=O)COC(=O)Cc2ccc3ccccc3c2)cc1. The number of rotatable bonds is 6. The van der Waals surface area contributed by atoms with Crippen LogP contribution in [0.5, 0.6) is 0 Å². The van der Waals surface area contributed by atoms with Crippen molar-refractivity contribution in [1.82, 2.24) is 0 Å². The van der Waals surface area contributed by atoms with Crippen molar-refractivity contribution in [2.24, 2.45) is 5.41 Å². The van der Waals surface area contributed by atoms with E-state index in [4.69, 9.17) is 4.74 Å². The van der Waals surface area contributed by atoms with Crippen molar-refractivity contribution in [2.45, 2.75) is 27.2 Å². The van der Waals surface area contributed by atoms with Crippen LogP contribution in [0.4, 0.5) is 5.69 Å². The third kappa shape index (κ3) is 5.54. The number of hydrogen-bond donors (Lipinski definition) is 1. The topological polar surface area (TPSA) is 72.5 Å². The summed E-state index contributed by atoms with van der Waals surface area (Å²) in [5.74, 6) is -0.854. The van der Waals surface area contributed by atoms with Gasteiger partial charge in [-0.1, -0.05) is 63.2 Å². The van der Waals surface area contributed by atoms with Crippen LogP contribution in [0.3, 0.4) is 0 Å². The van der Waals surface area contributed by atoms with E-state index in [1.165, 1.54) is 0 Å². The Morgan fingerprint density at radius 3 is 2.20 bits per heavy atom. The third-order valence-corrected chi connectivity index (χ3v) is 4.67. The van der Waals surface area contributed by atoms with E-state index in [-0.39, 0.29) is 24.7 Å². The van der Waals surface area contributed by atoms with Gasteiger partial charge in [0.2, 0.25) is 5.91 Å². The minimum absolute atomic E-state index is 0.107. The van der Waals surface area contributed by atoms with Gasteiger partial charge in [0, 0.05) is 16.7 Å². The zero-order valence-corrected chi connectivity index (χ0v) is 17.4. The highest BCUT2D eigenvalue weighted by Crippen LogP contribution is 2.18. The van der Waals surface area contributed by atoms with Crippen LogP contribution in [0.2, 0.25) is 0 Å². The van der Waals surface area contributed by atoms with Crippen molar-refractivity contribution in [3.8, 4) is 0 Å². The fourth-order valence-corrected chi connectivity index (χ4v) is 2.85. The van der Waals surface area contributed by atoms with Crippen molar-refractivity contribution >= 4 is 34.1 Å². The Kier molecular flexibility index (Phi) is 6.31. The van der Waals surface area contributed by atoms with Crippen LogP contribution >= 0.6 is 0 Å². The largest absolute Gasteiger partial charge is 0.457 e. The lowest BCUT2D eigenvalue weighted by Gasteiger charge is -2.17. The second kappa shape index (κ2) is 8.91. The van der Waals surface area contributed by atoms with Gasteiger partial charge in [0.1, 0.15) is 0 Å². The van der Waals surface area contributed by atoms with E-state index in [1.54, 1.807) is 24.3 Å². The first kappa shape index (κ1) is 21.2. The number of Topliss-reactive ketones (excluding diaryl/α,β-unsaturated/α-hetero) is 1. The number of esters is 1. The summed E-state index contributed by atoms with van der Waals surface area (Å²) < 4.78 is 5.16. The van der Waals surface area contributed by atoms with Crippen molar-refractivity contribution in [1.29, 1.82) is 0 Å². The first-order valence-electron chi connectivity index (χ1n) is 9.80. The van der Waals surface area contributed by atoms with E-state index in [0.29, 0.717) is 11.3 Å². The van der Waals surface area contributed by atoms with Crippen LogP contribution in [0.1, 0.15) is 36.7 Å². The molecule has 0 bridgehead atoms. The molecule has 5 heteroatoms. The van der Waals surface area contributed by atoms with Crippen LogP contribution in [-0.4, -0.2) is 24.3 Å². The van der Waals surface area contributed by atoms with E-state index in [9.17, 15) is 14.4 Å². The first-order valence-corrected chi connectivity index (χ1v) is 9.80. The molecule has 0 atom stereocenters. The van der Waals surface area contributed by atoms with Crippen molar-refractivity contribution in [3.63, 3.8) is 0 Å². The number of anilines is 1.